The summed E-state index contributed by atoms with van der Waals surface area (Å²) in [5.41, 5.74) is 6.50. The molecule has 1 atom stereocenters. The van der Waals surface area contributed by atoms with Crippen LogP contribution in [0.4, 0.5) is 0 Å². The van der Waals surface area contributed by atoms with Gasteiger partial charge in [-0.3, -0.25) is 0 Å². The van der Waals surface area contributed by atoms with Crippen molar-refractivity contribution in [1.29, 1.82) is 0 Å². The number of halogens is 1. The van der Waals surface area contributed by atoms with E-state index in [1.165, 1.54) is 49.7 Å². The van der Waals surface area contributed by atoms with E-state index in [9.17, 15) is 0 Å². The van der Waals surface area contributed by atoms with Crippen molar-refractivity contribution < 1.29 is 0 Å². The second kappa shape index (κ2) is 4.67. The molecule has 7 rings (SSSR count). The molecule has 4 saturated carbocycles. The van der Waals surface area contributed by atoms with Crippen molar-refractivity contribution in [3.8, 4) is 11.1 Å². The lowest BCUT2D eigenvalue weighted by atomic mass is 9.45. The molecule has 122 valence electrons. The lowest BCUT2D eigenvalue weighted by Gasteiger charge is -2.59. The van der Waals surface area contributed by atoms with Crippen LogP contribution in [-0.4, -0.2) is 0 Å². The molecule has 0 radical (unpaired) electrons. The van der Waals surface area contributed by atoms with Crippen molar-refractivity contribution in [3.63, 3.8) is 0 Å². The monoisotopic (exact) mass is 334 g/mol. The molecular formula is C23H23Cl. The normalized spacial score (nSPS) is 38.2. The zero-order valence-corrected chi connectivity index (χ0v) is 14.7. The Bertz CT molecular complexity index is 798. The molecule has 1 unspecified atom stereocenters. The predicted octanol–water partition coefficient (Wildman–Crippen LogP) is 6.67. The number of rotatable bonds is 1. The van der Waals surface area contributed by atoms with Gasteiger partial charge in [0.2, 0.25) is 0 Å². The van der Waals surface area contributed by atoms with Crippen molar-refractivity contribution in [2.75, 3.05) is 0 Å². The highest BCUT2D eigenvalue weighted by Crippen LogP contribution is 2.68. The summed E-state index contributed by atoms with van der Waals surface area (Å²) in [6.45, 7) is 0. The van der Waals surface area contributed by atoms with Crippen LogP contribution >= 0.6 is 11.6 Å². The number of fused-ring (bicyclic) bond motifs is 3. The van der Waals surface area contributed by atoms with Crippen LogP contribution in [0.15, 0.2) is 42.5 Å². The molecule has 5 aliphatic carbocycles. The number of hydrogen-bond donors (Lipinski definition) is 0. The van der Waals surface area contributed by atoms with E-state index in [2.05, 4.69) is 42.5 Å². The minimum atomic E-state index is 0.518. The van der Waals surface area contributed by atoms with E-state index in [1.54, 1.807) is 11.1 Å². The van der Waals surface area contributed by atoms with Gasteiger partial charge in [0.1, 0.15) is 0 Å². The molecule has 0 amide bonds. The standard InChI is InChI=1S/C23H23Cl/c24-17-5-6-20-21(10-17)18-3-1-2-4-19(18)22(20)23-11-14-7-15(12-23)9-16(8-14)13-23/h1-6,10,14-16,22H,7-9,11-13H2. The van der Waals surface area contributed by atoms with Gasteiger partial charge in [-0.2, -0.15) is 0 Å². The first-order valence-electron chi connectivity index (χ1n) is 9.61. The Hall–Kier alpha value is -1.27. The summed E-state index contributed by atoms with van der Waals surface area (Å²) in [6, 6.07) is 15.8. The van der Waals surface area contributed by atoms with E-state index in [1.807, 2.05) is 0 Å². The molecule has 2 aromatic rings. The molecular weight excluding hydrogens is 312 g/mol. The maximum atomic E-state index is 6.36. The maximum Gasteiger partial charge on any atom is 0.0412 e. The fourth-order valence-corrected chi connectivity index (χ4v) is 7.54. The van der Waals surface area contributed by atoms with E-state index < -0.39 is 0 Å². The minimum Gasteiger partial charge on any atom is -0.0843 e. The Morgan fingerprint density at radius 3 is 2.08 bits per heavy atom. The highest BCUT2D eigenvalue weighted by molar-refractivity contribution is 6.31. The van der Waals surface area contributed by atoms with Crippen LogP contribution in [0.2, 0.25) is 5.02 Å². The third kappa shape index (κ3) is 1.76. The third-order valence-corrected chi connectivity index (χ3v) is 7.82. The average Bonchev–Trinajstić information content (AvgIpc) is 2.88. The van der Waals surface area contributed by atoms with Crippen molar-refractivity contribution in [1.82, 2.24) is 0 Å². The molecule has 2 aromatic carbocycles. The maximum absolute atomic E-state index is 6.36. The average molecular weight is 335 g/mol. The van der Waals surface area contributed by atoms with E-state index in [-0.39, 0.29) is 0 Å². The Morgan fingerprint density at radius 2 is 1.38 bits per heavy atom. The van der Waals surface area contributed by atoms with Crippen LogP contribution in [0, 0.1) is 23.2 Å². The van der Waals surface area contributed by atoms with Gasteiger partial charge >= 0.3 is 0 Å². The first kappa shape index (κ1) is 14.0. The Balaban J connectivity index is 1.57. The van der Waals surface area contributed by atoms with Gasteiger partial charge in [-0.25, -0.2) is 0 Å². The van der Waals surface area contributed by atoms with Crippen molar-refractivity contribution in [2.45, 2.75) is 44.4 Å². The summed E-state index contributed by atoms with van der Waals surface area (Å²) in [5, 5.41) is 0.870. The third-order valence-electron chi connectivity index (χ3n) is 7.59. The van der Waals surface area contributed by atoms with E-state index in [4.69, 9.17) is 11.6 Å². The molecule has 0 aliphatic heterocycles. The van der Waals surface area contributed by atoms with Crippen LogP contribution < -0.4 is 0 Å². The molecule has 0 N–H and O–H groups in total. The van der Waals surface area contributed by atoms with Gasteiger partial charge in [0.05, 0.1) is 0 Å². The van der Waals surface area contributed by atoms with Gasteiger partial charge in [0, 0.05) is 10.9 Å². The zero-order chi connectivity index (χ0) is 15.9. The summed E-state index contributed by atoms with van der Waals surface area (Å²) in [4.78, 5) is 0. The molecule has 24 heavy (non-hydrogen) atoms. The topological polar surface area (TPSA) is 0 Å². The molecule has 5 aliphatic rings. The largest absolute Gasteiger partial charge is 0.0843 e. The van der Waals surface area contributed by atoms with E-state index >= 15 is 0 Å². The summed E-state index contributed by atoms with van der Waals surface area (Å²) in [6.07, 6.45) is 8.92. The lowest BCUT2D eigenvalue weighted by molar-refractivity contribution is -0.0612. The quantitative estimate of drug-likeness (QED) is 0.546. The SMILES string of the molecule is Clc1ccc2c(c1)-c1ccccc1C2C12CC3CC(CC(C3)C1)C2. The zero-order valence-electron chi connectivity index (χ0n) is 14.0. The molecule has 1 heteroatoms. The van der Waals surface area contributed by atoms with Gasteiger partial charge in [0.15, 0.2) is 0 Å². The van der Waals surface area contributed by atoms with Gasteiger partial charge in [0.25, 0.3) is 0 Å². The minimum absolute atomic E-state index is 0.518. The molecule has 4 fully saturated rings. The van der Waals surface area contributed by atoms with Crippen molar-refractivity contribution >= 4 is 11.6 Å². The molecule has 0 aromatic heterocycles. The highest BCUT2D eigenvalue weighted by atomic mass is 35.5. The lowest BCUT2D eigenvalue weighted by Crippen LogP contribution is -2.48. The second-order valence-corrected chi connectivity index (χ2v) is 9.47. The molecule has 0 nitrogen and oxygen atoms in total. The van der Waals surface area contributed by atoms with Gasteiger partial charge in [-0.1, -0.05) is 41.9 Å². The van der Waals surface area contributed by atoms with Crippen LogP contribution in [0.1, 0.15) is 55.6 Å². The van der Waals surface area contributed by atoms with Crippen LogP contribution in [0.25, 0.3) is 11.1 Å². The first-order valence-corrected chi connectivity index (χ1v) is 9.98. The highest BCUT2D eigenvalue weighted by Gasteiger charge is 2.56. The van der Waals surface area contributed by atoms with Gasteiger partial charge in [-0.15, -0.1) is 0 Å². The fraction of sp³-hybridized carbons (Fsp3) is 0.478. The van der Waals surface area contributed by atoms with Gasteiger partial charge in [-0.05, 0) is 96.1 Å². The number of benzene rings is 2. The Morgan fingerprint density at radius 1 is 0.750 bits per heavy atom. The second-order valence-electron chi connectivity index (χ2n) is 9.03. The predicted molar refractivity (Wildman–Crippen MR) is 99.3 cm³/mol. The summed E-state index contributed by atoms with van der Waals surface area (Å²) >= 11 is 6.36. The van der Waals surface area contributed by atoms with Gasteiger partial charge < -0.3 is 0 Å². The van der Waals surface area contributed by atoms with Crippen LogP contribution in [0.3, 0.4) is 0 Å². The molecule has 0 spiro atoms. The van der Waals surface area contributed by atoms with Crippen molar-refractivity contribution in [3.05, 3.63) is 58.6 Å². The molecule has 0 saturated heterocycles. The van der Waals surface area contributed by atoms with E-state index in [0.29, 0.717) is 11.3 Å². The Labute approximate surface area is 149 Å². The van der Waals surface area contributed by atoms with Crippen molar-refractivity contribution in [2.24, 2.45) is 23.2 Å². The fourth-order valence-electron chi connectivity index (χ4n) is 7.37. The first-order chi connectivity index (χ1) is 11.7. The molecule has 0 heterocycles. The van der Waals surface area contributed by atoms with E-state index in [0.717, 1.165) is 22.8 Å². The number of hydrogen-bond acceptors (Lipinski definition) is 0. The smallest absolute Gasteiger partial charge is 0.0412 e. The van der Waals surface area contributed by atoms with Crippen LogP contribution in [0.5, 0.6) is 0 Å². The summed E-state index contributed by atoms with van der Waals surface area (Å²) < 4.78 is 0. The summed E-state index contributed by atoms with van der Waals surface area (Å²) in [7, 11) is 0. The van der Waals surface area contributed by atoms with Crippen LogP contribution in [-0.2, 0) is 0 Å². The molecule has 4 bridgehead atoms. The Kier molecular flexibility index (Phi) is 2.71. The summed E-state index contributed by atoms with van der Waals surface area (Å²) in [5.74, 6) is 3.61.